The number of nitrogens with zero attached hydrogens (tertiary/aromatic N) is 1. The van der Waals surface area contributed by atoms with Crippen LogP contribution in [0.1, 0.15) is 5.56 Å². The number of carbonyl (C=O) groups is 1. The number of carbonyl (C=O) groups excluding carboxylic acids is 1. The number of aromatic nitrogens is 1. The lowest BCUT2D eigenvalue weighted by Crippen LogP contribution is -2.20. The molecule has 0 unspecified atom stereocenters. The zero-order valence-corrected chi connectivity index (χ0v) is 11.2. The molecule has 0 saturated heterocycles. The number of amides is 2. The van der Waals surface area contributed by atoms with Crippen LogP contribution in [0.2, 0.25) is 0 Å². The summed E-state index contributed by atoms with van der Waals surface area (Å²) in [5.74, 6) is 0.380. The molecular weight excluding hydrogens is 333 g/mol. The van der Waals surface area contributed by atoms with Crippen molar-refractivity contribution in [2.75, 3.05) is 10.6 Å². The third-order valence-corrected chi connectivity index (χ3v) is 2.79. The second kappa shape index (κ2) is 5.17. The van der Waals surface area contributed by atoms with E-state index in [4.69, 9.17) is 0 Å². The van der Waals surface area contributed by atoms with E-state index >= 15 is 0 Å². The zero-order valence-electron chi connectivity index (χ0n) is 9.03. The minimum absolute atomic E-state index is 0.344. The van der Waals surface area contributed by atoms with E-state index in [-0.39, 0.29) is 6.03 Å². The predicted octanol–water partition coefficient (Wildman–Crippen LogP) is 3.23. The van der Waals surface area contributed by atoms with Crippen molar-refractivity contribution < 1.29 is 9.32 Å². The number of benzene rings is 1. The third-order valence-electron chi connectivity index (χ3n) is 2.12. The van der Waals surface area contributed by atoms with Gasteiger partial charge in [0.1, 0.15) is 6.26 Å². The van der Waals surface area contributed by atoms with E-state index in [1.54, 1.807) is 6.07 Å². The third kappa shape index (κ3) is 3.19. The first-order chi connectivity index (χ1) is 8.15. The Morgan fingerprint density at radius 2 is 2.18 bits per heavy atom. The molecule has 1 aromatic heterocycles. The molecule has 0 aliphatic rings. The molecule has 2 rings (SSSR count). The Morgan fingerprint density at radius 3 is 2.82 bits per heavy atom. The van der Waals surface area contributed by atoms with Crippen molar-refractivity contribution >= 4 is 40.1 Å². The van der Waals surface area contributed by atoms with Crippen LogP contribution in [0.25, 0.3) is 0 Å². The van der Waals surface area contributed by atoms with Crippen LogP contribution >= 0.6 is 22.6 Å². The summed E-state index contributed by atoms with van der Waals surface area (Å²) in [5.41, 5.74) is 1.78. The summed E-state index contributed by atoms with van der Waals surface area (Å²) >= 11 is 2.22. The van der Waals surface area contributed by atoms with Gasteiger partial charge in [0.05, 0.1) is 0 Å². The molecule has 0 aliphatic heterocycles. The van der Waals surface area contributed by atoms with Crippen LogP contribution in [0.3, 0.4) is 0 Å². The first-order valence-corrected chi connectivity index (χ1v) is 5.97. The summed E-state index contributed by atoms with van der Waals surface area (Å²) < 4.78 is 5.74. The van der Waals surface area contributed by atoms with Gasteiger partial charge in [0.15, 0.2) is 5.82 Å². The molecule has 2 aromatic rings. The first-order valence-electron chi connectivity index (χ1n) is 4.90. The lowest BCUT2D eigenvalue weighted by molar-refractivity contribution is 0.262. The summed E-state index contributed by atoms with van der Waals surface area (Å²) in [6.45, 7) is 1.94. The van der Waals surface area contributed by atoms with E-state index in [0.717, 1.165) is 14.8 Å². The van der Waals surface area contributed by atoms with Gasteiger partial charge in [0, 0.05) is 15.3 Å². The van der Waals surface area contributed by atoms with Crippen molar-refractivity contribution in [1.82, 2.24) is 5.16 Å². The maximum atomic E-state index is 11.6. The standard InChI is InChI=1S/C11H10IN3O2/c1-7-6-8(12)2-3-9(7)13-11(16)14-10-4-5-17-15-10/h2-6H,1H3,(H2,13,14,15,16). The molecule has 6 heteroatoms. The van der Waals surface area contributed by atoms with Crippen LogP contribution in [0.15, 0.2) is 35.1 Å². The smallest absolute Gasteiger partial charge is 0.324 e. The summed E-state index contributed by atoms with van der Waals surface area (Å²) in [4.78, 5) is 11.6. The number of hydrogen-bond acceptors (Lipinski definition) is 3. The van der Waals surface area contributed by atoms with Gasteiger partial charge in [-0.05, 0) is 53.3 Å². The minimum Gasteiger partial charge on any atom is -0.363 e. The van der Waals surface area contributed by atoms with Gasteiger partial charge in [-0.15, -0.1) is 0 Å². The highest BCUT2D eigenvalue weighted by molar-refractivity contribution is 14.1. The Balaban J connectivity index is 2.03. The van der Waals surface area contributed by atoms with Gasteiger partial charge in [0.25, 0.3) is 0 Å². The lowest BCUT2D eigenvalue weighted by atomic mass is 10.2. The molecule has 0 bridgehead atoms. The normalized spacial score (nSPS) is 10.0. The second-order valence-corrected chi connectivity index (χ2v) is 4.67. The number of hydrogen-bond donors (Lipinski definition) is 2. The highest BCUT2D eigenvalue weighted by atomic mass is 127. The van der Waals surface area contributed by atoms with E-state index in [0.29, 0.717) is 5.82 Å². The Labute approximate surface area is 112 Å². The summed E-state index contributed by atoms with van der Waals surface area (Å²) in [6, 6.07) is 7.01. The molecule has 0 saturated carbocycles. The molecule has 88 valence electrons. The largest absolute Gasteiger partial charge is 0.363 e. The Hall–Kier alpha value is -1.57. The minimum atomic E-state index is -0.344. The van der Waals surface area contributed by atoms with Crippen molar-refractivity contribution in [2.24, 2.45) is 0 Å². The monoisotopic (exact) mass is 343 g/mol. The predicted molar refractivity (Wildman–Crippen MR) is 73.0 cm³/mol. The van der Waals surface area contributed by atoms with Crippen LogP contribution in [0.4, 0.5) is 16.3 Å². The molecule has 0 spiro atoms. The zero-order chi connectivity index (χ0) is 12.3. The van der Waals surface area contributed by atoms with Crippen molar-refractivity contribution in [3.8, 4) is 0 Å². The number of urea groups is 1. The van der Waals surface area contributed by atoms with Gasteiger partial charge in [-0.2, -0.15) is 0 Å². The van der Waals surface area contributed by atoms with Crippen molar-refractivity contribution in [2.45, 2.75) is 6.92 Å². The van der Waals surface area contributed by atoms with Crippen LogP contribution < -0.4 is 10.6 Å². The summed E-state index contributed by atoms with van der Waals surface area (Å²) in [6.07, 6.45) is 1.39. The maximum absolute atomic E-state index is 11.6. The SMILES string of the molecule is Cc1cc(I)ccc1NC(=O)Nc1ccon1. The molecule has 5 nitrogen and oxygen atoms in total. The number of aryl methyl sites for hydroxylation is 1. The quantitative estimate of drug-likeness (QED) is 0.823. The fourth-order valence-electron chi connectivity index (χ4n) is 1.31. The van der Waals surface area contributed by atoms with Gasteiger partial charge in [0.2, 0.25) is 0 Å². The van der Waals surface area contributed by atoms with Gasteiger partial charge < -0.3 is 9.84 Å². The Kier molecular flexibility index (Phi) is 3.62. The molecule has 17 heavy (non-hydrogen) atoms. The van der Waals surface area contributed by atoms with Crippen LogP contribution in [-0.4, -0.2) is 11.2 Å². The Bertz CT molecular complexity index is 526. The van der Waals surface area contributed by atoms with Gasteiger partial charge in [-0.1, -0.05) is 5.16 Å². The lowest BCUT2D eigenvalue weighted by Gasteiger charge is -2.08. The van der Waals surface area contributed by atoms with E-state index in [9.17, 15) is 4.79 Å². The van der Waals surface area contributed by atoms with E-state index in [2.05, 4.69) is 42.9 Å². The molecule has 0 fully saturated rings. The van der Waals surface area contributed by atoms with E-state index in [1.807, 2.05) is 25.1 Å². The van der Waals surface area contributed by atoms with Gasteiger partial charge in [-0.25, -0.2) is 4.79 Å². The molecule has 2 N–H and O–H groups in total. The van der Waals surface area contributed by atoms with E-state index < -0.39 is 0 Å². The Morgan fingerprint density at radius 1 is 1.35 bits per heavy atom. The maximum Gasteiger partial charge on any atom is 0.324 e. The van der Waals surface area contributed by atoms with Crippen molar-refractivity contribution in [3.63, 3.8) is 0 Å². The second-order valence-electron chi connectivity index (χ2n) is 3.42. The highest BCUT2D eigenvalue weighted by Crippen LogP contribution is 2.17. The fraction of sp³-hybridized carbons (Fsp3) is 0.0909. The number of nitrogens with one attached hydrogen (secondary N) is 2. The van der Waals surface area contributed by atoms with Crippen LogP contribution in [0.5, 0.6) is 0 Å². The van der Waals surface area contributed by atoms with Gasteiger partial charge >= 0.3 is 6.03 Å². The molecule has 2 amide bonds. The molecule has 1 aromatic carbocycles. The average Bonchev–Trinajstić information content (AvgIpc) is 2.75. The van der Waals surface area contributed by atoms with Gasteiger partial charge in [-0.3, -0.25) is 5.32 Å². The van der Waals surface area contributed by atoms with Crippen molar-refractivity contribution in [3.05, 3.63) is 39.7 Å². The average molecular weight is 343 g/mol. The molecular formula is C11H10IN3O2. The number of halogens is 1. The molecule has 1 heterocycles. The number of anilines is 2. The number of rotatable bonds is 2. The highest BCUT2D eigenvalue weighted by Gasteiger charge is 2.06. The fourth-order valence-corrected chi connectivity index (χ4v) is 1.96. The summed E-state index contributed by atoms with van der Waals surface area (Å²) in [7, 11) is 0. The van der Waals surface area contributed by atoms with Crippen molar-refractivity contribution in [1.29, 1.82) is 0 Å². The molecule has 0 radical (unpaired) electrons. The van der Waals surface area contributed by atoms with Crippen LogP contribution in [0, 0.1) is 10.5 Å². The molecule has 0 aliphatic carbocycles. The molecule has 0 atom stereocenters. The van der Waals surface area contributed by atoms with Crippen LogP contribution in [-0.2, 0) is 0 Å². The topological polar surface area (TPSA) is 67.2 Å². The van der Waals surface area contributed by atoms with E-state index in [1.165, 1.54) is 6.26 Å². The first kappa shape index (κ1) is 11.9. The summed E-state index contributed by atoms with van der Waals surface area (Å²) in [5, 5.41) is 8.88.